The molecule has 1 aliphatic rings. The average Bonchev–Trinajstić information content (AvgIpc) is 2.30. The van der Waals surface area contributed by atoms with Crippen LogP contribution in [-0.4, -0.2) is 45.7 Å². The van der Waals surface area contributed by atoms with Gasteiger partial charge in [-0.1, -0.05) is 0 Å². The Morgan fingerprint density at radius 2 is 2.12 bits per heavy atom. The molecule has 84 valence electrons. The first-order valence-electron chi connectivity index (χ1n) is 5.13. The Morgan fingerprint density at radius 3 is 2.69 bits per heavy atom. The lowest BCUT2D eigenvalue weighted by atomic mass is 10.2. The van der Waals surface area contributed by atoms with Gasteiger partial charge in [0.25, 0.3) is 0 Å². The van der Waals surface area contributed by atoms with E-state index in [1.807, 2.05) is 11.8 Å². The third-order valence-corrected chi connectivity index (χ3v) is 2.65. The summed E-state index contributed by atoms with van der Waals surface area (Å²) < 4.78 is 0. The lowest BCUT2D eigenvalue weighted by Crippen LogP contribution is -2.50. The van der Waals surface area contributed by atoms with Crippen molar-refractivity contribution in [3.8, 4) is 11.9 Å². The molecule has 0 saturated carbocycles. The van der Waals surface area contributed by atoms with Crippen LogP contribution in [0, 0.1) is 11.5 Å². The number of hydrogen-bond donors (Lipinski definition) is 1. The predicted octanol–water partition coefficient (Wildman–Crippen LogP) is 0.174. The Balaban J connectivity index is 2.11. The van der Waals surface area contributed by atoms with E-state index >= 15 is 0 Å². The van der Waals surface area contributed by atoms with Gasteiger partial charge in [-0.25, -0.2) is 9.97 Å². The average molecular weight is 219 g/mol. The Morgan fingerprint density at radius 1 is 1.44 bits per heavy atom. The molecule has 1 aromatic heterocycles. The van der Waals surface area contributed by atoms with Crippen LogP contribution in [0.3, 0.4) is 0 Å². The predicted molar refractivity (Wildman–Crippen MR) is 57.7 cm³/mol. The second-order valence-electron chi connectivity index (χ2n) is 3.83. The Bertz CT molecular complexity index is 399. The third-order valence-electron chi connectivity index (χ3n) is 2.65. The molecular formula is C10H13N5O. The van der Waals surface area contributed by atoms with Crippen molar-refractivity contribution in [1.29, 1.82) is 5.26 Å². The molecule has 1 unspecified atom stereocenters. The molecule has 1 saturated heterocycles. The van der Waals surface area contributed by atoms with Gasteiger partial charge in [0.1, 0.15) is 0 Å². The minimum atomic E-state index is 0.0621. The normalized spacial score (nSPS) is 20.6. The van der Waals surface area contributed by atoms with Gasteiger partial charge in [0.15, 0.2) is 11.9 Å². The highest BCUT2D eigenvalue weighted by Gasteiger charge is 2.24. The SMILES string of the molecule is CC1CN(C#N)CCN1c1ncc(O)cn1. The van der Waals surface area contributed by atoms with Crippen LogP contribution >= 0.6 is 0 Å². The quantitative estimate of drug-likeness (QED) is 0.679. The highest BCUT2D eigenvalue weighted by molar-refractivity contribution is 5.33. The summed E-state index contributed by atoms with van der Waals surface area (Å²) in [4.78, 5) is 11.9. The van der Waals surface area contributed by atoms with Crippen molar-refractivity contribution in [2.75, 3.05) is 24.5 Å². The van der Waals surface area contributed by atoms with Crippen molar-refractivity contribution < 1.29 is 5.11 Å². The molecule has 0 bridgehead atoms. The van der Waals surface area contributed by atoms with E-state index in [0.717, 1.165) is 6.54 Å². The summed E-state index contributed by atoms with van der Waals surface area (Å²) in [5.74, 6) is 0.662. The van der Waals surface area contributed by atoms with E-state index in [-0.39, 0.29) is 11.8 Å². The van der Waals surface area contributed by atoms with E-state index in [0.29, 0.717) is 19.0 Å². The van der Waals surface area contributed by atoms with Crippen LogP contribution in [0.4, 0.5) is 5.95 Å². The molecule has 2 heterocycles. The van der Waals surface area contributed by atoms with Crippen LogP contribution < -0.4 is 4.90 Å². The van der Waals surface area contributed by atoms with E-state index in [1.165, 1.54) is 12.4 Å². The number of piperazine rings is 1. The van der Waals surface area contributed by atoms with E-state index < -0.39 is 0 Å². The molecule has 1 fully saturated rings. The fraction of sp³-hybridized carbons (Fsp3) is 0.500. The van der Waals surface area contributed by atoms with E-state index in [1.54, 1.807) is 4.90 Å². The molecule has 2 rings (SSSR count). The monoisotopic (exact) mass is 219 g/mol. The molecule has 0 radical (unpaired) electrons. The molecule has 0 spiro atoms. The van der Waals surface area contributed by atoms with E-state index in [9.17, 15) is 0 Å². The lowest BCUT2D eigenvalue weighted by molar-refractivity contribution is 0.316. The fourth-order valence-corrected chi connectivity index (χ4v) is 1.81. The standard InChI is InChI=1S/C10H13N5O/c1-8-6-14(7-11)2-3-15(8)10-12-4-9(16)5-13-10/h4-5,8,16H,2-3,6H2,1H3. The Hall–Kier alpha value is -2.03. The maximum absolute atomic E-state index is 9.11. The highest BCUT2D eigenvalue weighted by atomic mass is 16.3. The molecule has 6 heteroatoms. The fourth-order valence-electron chi connectivity index (χ4n) is 1.81. The van der Waals surface area contributed by atoms with Gasteiger partial charge in [0.05, 0.1) is 12.4 Å². The molecule has 1 N–H and O–H groups in total. The smallest absolute Gasteiger partial charge is 0.225 e. The number of hydrogen-bond acceptors (Lipinski definition) is 6. The molecular weight excluding hydrogens is 206 g/mol. The molecule has 0 aromatic carbocycles. The van der Waals surface area contributed by atoms with Gasteiger partial charge in [-0.15, -0.1) is 0 Å². The van der Waals surface area contributed by atoms with Crippen molar-refractivity contribution in [2.45, 2.75) is 13.0 Å². The first-order chi connectivity index (χ1) is 7.70. The second kappa shape index (κ2) is 4.23. The summed E-state index contributed by atoms with van der Waals surface area (Å²) in [6.07, 6.45) is 4.90. The number of nitrogens with zero attached hydrogens (tertiary/aromatic N) is 5. The first kappa shape index (κ1) is 10.5. The lowest BCUT2D eigenvalue weighted by Gasteiger charge is -2.37. The van der Waals surface area contributed by atoms with Gasteiger partial charge in [0, 0.05) is 25.7 Å². The Kier molecular flexibility index (Phi) is 2.77. The van der Waals surface area contributed by atoms with Gasteiger partial charge in [-0.2, -0.15) is 5.26 Å². The zero-order valence-corrected chi connectivity index (χ0v) is 9.04. The van der Waals surface area contributed by atoms with E-state index in [4.69, 9.17) is 10.4 Å². The van der Waals surface area contributed by atoms with Gasteiger partial charge >= 0.3 is 0 Å². The Labute approximate surface area is 93.8 Å². The number of aromatic nitrogens is 2. The van der Waals surface area contributed by atoms with Crippen molar-refractivity contribution in [3.63, 3.8) is 0 Å². The molecule has 6 nitrogen and oxygen atoms in total. The summed E-state index contributed by atoms with van der Waals surface area (Å²) in [5, 5.41) is 17.9. The molecule has 16 heavy (non-hydrogen) atoms. The first-order valence-corrected chi connectivity index (χ1v) is 5.13. The van der Waals surface area contributed by atoms with Crippen LogP contribution in [-0.2, 0) is 0 Å². The third kappa shape index (κ3) is 1.98. The summed E-state index contributed by atoms with van der Waals surface area (Å²) >= 11 is 0. The largest absolute Gasteiger partial charge is 0.505 e. The van der Waals surface area contributed by atoms with Crippen LogP contribution in [0.5, 0.6) is 5.75 Å². The van der Waals surface area contributed by atoms with Crippen LogP contribution in [0.2, 0.25) is 0 Å². The summed E-state index contributed by atoms with van der Waals surface area (Å²) in [7, 11) is 0. The number of anilines is 1. The summed E-state index contributed by atoms with van der Waals surface area (Å²) in [6.45, 7) is 4.12. The van der Waals surface area contributed by atoms with Crippen LogP contribution in [0.15, 0.2) is 12.4 Å². The second-order valence-corrected chi connectivity index (χ2v) is 3.83. The van der Waals surface area contributed by atoms with Crippen molar-refractivity contribution in [2.24, 2.45) is 0 Å². The van der Waals surface area contributed by atoms with Crippen molar-refractivity contribution in [3.05, 3.63) is 12.4 Å². The van der Waals surface area contributed by atoms with Crippen LogP contribution in [0.25, 0.3) is 0 Å². The topological polar surface area (TPSA) is 76.3 Å². The molecule has 1 aromatic rings. The molecule has 1 atom stereocenters. The maximum atomic E-state index is 9.11. The van der Waals surface area contributed by atoms with Gasteiger partial charge in [0.2, 0.25) is 5.95 Å². The molecule has 1 aliphatic heterocycles. The van der Waals surface area contributed by atoms with Crippen molar-refractivity contribution in [1.82, 2.24) is 14.9 Å². The zero-order chi connectivity index (χ0) is 11.5. The summed E-state index contributed by atoms with van der Waals surface area (Å²) in [5.41, 5.74) is 0. The molecule has 0 aliphatic carbocycles. The highest BCUT2D eigenvalue weighted by Crippen LogP contribution is 2.16. The number of nitriles is 1. The minimum Gasteiger partial charge on any atom is -0.505 e. The van der Waals surface area contributed by atoms with Crippen molar-refractivity contribution >= 4 is 5.95 Å². The van der Waals surface area contributed by atoms with Crippen LogP contribution in [0.1, 0.15) is 6.92 Å². The minimum absolute atomic E-state index is 0.0621. The number of aromatic hydroxyl groups is 1. The van der Waals surface area contributed by atoms with E-state index in [2.05, 4.69) is 16.2 Å². The summed E-state index contributed by atoms with van der Waals surface area (Å²) in [6, 6.07) is 0.193. The maximum Gasteiger partial charge on any atom is 0.225 e. The van der Waals surface area contributed by atoms with Gasteiger partial charge < -0.3 is 14.9 Å². The van der Waals surface area contributed by atoms with Gasteiger partial charge in [-0.05, 0) is 6.92 Å². The molecule has 0 amide bonds. The number of rotatable bonds is 1. The van der Waals surface area contributed by atoms with Gasteiger partial charge in [-0.3, -0.25) is 0 Å². The zero-order valence-electron chi connectivity index (χ0n) is 9.04.